The molecule has 1 aliphatic carbocycles. The molecule has 0 bridgehead atoms. The van der Waals surface area contributed by atoms with Gasteiger partial charge >= 0.3 is 0 Å². The number of quaternary nitrogens is 2. The van der Waals surface area contributed by atoms with Gasteiger partial charge in [0.25, 0.3) is 0 Å². The zero-order valence-corrected chi connectivity index (χ0v) is 5.40. The Morgan fingerprint density at radius 1 is 1.00 bits per heavy atom. The van der Waals surface area contributed by atoms with E-state index in [0.29, 0.717) is 12.1 Å². The fourth-order valence-electron chi connectivity index (χ4n) is 1.40. The van der Waals surface area contributed by atoms with Crippen molar-refractivity contribution >= 4 is 0 Å². The van der Waals surface area contributed by atoms with Crippen molar-refractivity contribution in [2.45, 2.75) is 37.8 Å². The van der Waals surface area contributed by atoms with Gasteiger partial charge in [-0.05, 0) is 19.3 Å². The van der Waals surface area contributed by atoms with Gasteiger partial charge in [-0.15, -0.1) is 0 Å². The molecule has 1 rings (SSSR count). The van der Waals surface area contributed by atoms with E-state index in [4.69, 9.17) is 0 Å². The first-order valence-corrected chi connectivity index (χ1v) is 3.45. The van der Waals surface area contributed by atoms with Gasteiger partial charge in [-0.25, -0.2) is 0 Å². The molecule has 8 heavy (non-hydrogen) atoms. The smallest absolute Gasteiger partial charge is 0.0900 e. The molecular formula is C6H16N2+2. The summed E-state index contributed by atoms with van der Waals surface area (Å²) in [5, 5.41) is 0. The molecule has 0 aromatic carbocycles. The van der Waals surface area contributed by atoms with Gasteiger partial charge in [-0.2, -0.15) is 0 Å². The third-order valence-electron chi connectivity index (χ3n) is 1.89. The molecule has 48 valence electrons. The molecule has 0 amide bonds. The second-order valence-electron chi connectivity index (χ2n) is 2.90. The average Bonchev–Trinajstić information content (AvgIpc) is 1.64. The van der Waals surface area contributed by atoms with Crippen molar-refractivity contribution in [3.63, 3.8) is 0 Å². The van der Waals surface area contributed by atoms with Crippen LogP contribution in [0.5, 0.6) is 0 Å². The molecule has 0 unspecified atom stereocenters. The summed E-state index contributed by atoms with van der Waals surface area (Å²) in [6, 6.07) is 1.40. The lowest BCUT2D eigenvalue weighted by molar-refractivity contribution is -0.475. The minimum absolute atomic E-state index is 0.700. The van der Waals surface area contributed by atoms with E-state index in [9.17, 15) is 0 Å². The summed E-state index contributed by atoms with van der Waals surface area (Å²) in [7, 11) is 0. The van der Waals surface area contributed by atoms with Crippen molar-refractivity contribution in [2.75, 3.05) is 0 Å². The van der Waals surface area contributed by atoms with Crippen LogP contribution in [0.4, 0.5) is 0 Å². The average molecular weight is 116 g/mol. The van der Waals surface area contributed by atoms with Crippen molar-refractivity contribution < 1.29 is 11.5 Å². The van der Waals surface area contributed by atoms with Crippen LogP contribution in [-0.4, -0.2) is 12.1 Å². The Kier molecular flexibility index (Phi) is 1.86. The Labute approximate surface area is 50.2 Å². The third-order valence-corrected chi connectivity index (χ3v) is 1.89. The molecule has 1 saturated carbocycles. The van der Waals surface area contributed by atoms with Crippen molar-refractivity contribution in [3.05, 3.63) is 0 Å². The zero-order chi connectivity index (χ0) is 5.98. The highest BCUT2D eigenvalue weighted by Gasteiger charge is 2.19. The highest BCUT2D eigenvalue weighted by Crippen LogP contribution is 2.11. The van der Waals surface area contributed by atoms with Crippen LogP contribution in [0.25, 0.3) is 0 Å². The summed E-state index contributed by atoms with van der Waals surface area (Å²) in [6.07, 6.45) is 5.25. The lowest BCUT2D eigenvalue weighted by Crippen LogP contribution is -2.70. The van der Waals surface area contributed by atoms with Crippen molar-refractivity contribution in [1.29, 1.82) is 0 Å². The highest BCUT2D eigenvalue weighted by molar-refractivity contribution is 4.67. The van der Waals surface area contributed by atoms with Crippen LogP contribution in [0.2, 0.25) is 0 Å². The van der Waals surface area contributed by atoms with Gasteiger partial charge in [0.2, 0.25) is 0 Å². The molecule has 6 N–H and O–H groups in total. The minimum Gasteiger partial charge on any atom is -0.355 e. The van der Waals surface area contributed by atoms with Crippen LogP contribution >= 0.6 is 0 Å². The maximum atomic E-state index is 4.01. The molecule has 1 aliphatic rings. The van der Waals surface area contributed by atoms with Gasteiger partial charge in [0.1, 0.15) is 0 Å². The summed E-state index contributed by atoms with van der Waals surface area (Å²) in [5.41, 5.74) is 8.02. The molecule has 2 nitrogen and oxygen atoms in total. The van der Waals surface area contributed by atoms with Crippen LogP contribution in [0, 0.1) is 0 Å². The summed E-state index contributed by atoms with van der Waals surface area (Å²) in [4.78, 5) is 0. The molecule has 0 heterocycles. The van der Waals surface area contributed by atoms with Crippen LogP contribution in [0.1, 0.15) is 25.7 Å². The Balaban J connectivity index is 2.23. The molecule has 0 saturated heterocycles. The molecule has 0 aromatic heterocycles. The molecule has 2 atom stereocenters. The van der Waals surface area contributed by atoms with E-state index in [1.807, 2.05) is 0 Å². The molecule has 2 heteroatoms. The lowest BCUT2D eigenvalue weighted by atomic mass is 9.92. The predicted octanol–water partition coefficient (Wildman–Crippen LogP) is -1.22. The summed E-state index contributed by atoms with van der Waals surface area (Å²) in [5.74, 6) is 0. The van der Waals surface area contributed by atoms with Gasteiger partial charge < -0.3 is 11.5 Å². The van der Waals surface area contributed by atoms with Crippen molar-refractivity contribution in [1.82, 2.24) is 0 Å². The first-order chi connectivity index (χ1) is 3.79. The van der Waals surface area contributed by atoms with E-state index in [1.165, 1.54) is 25.7 Å². The first kappa shape index (κ1) is 6.05. The predicted molar refractivity (Wildman–Crippen MR) is 31.8 cm³/mol. The highest BCUT2D eigenvalue weighted by atomic mass is 14.7. The fourth-order valence-corrected chi connectivity index (χ4v) is 1.40. The summed E-state index contributed by atoms with van der Waals surface area (Å²) < 4.78 is 0. The first-order valence-electron chi connectivity index (χ1n) is 3.45. The Hall–Kier alpha value is -0.0800. The van der Waals surface area contributed by atoms with E-state index >= 15 is 0 Å². The molecule has 0 aliphatic heterocycles. The third kappa shape index (κ3) is 1.46. The Morgan fingerprint density at radius 3 is 1.75 bits per heavy atom. The van der Waals surface area contributed by atoms with E-state index < -0.39 is 0 Å². The van der Waals surface area contributed by atoms with E-state index in [0.717, 1.165) is 0 Å². The van der Waals surface area contributed by atoms with Crippen LogP contribution in [0.15, 0.2) is 0 Å². The van der Waals surface area contributed by atoms with Crippen LogP contribution in [-0.2, 0) is 0 Å². The molecule has 0 radical (unpaired) electrons. The standard InChI is InChI=1S/C6H14N2/c7-5-2-1-3-6(8)4-5/h5-6H,1-4,7-8H2/p+2/t5-,6-/m0/s1. The Morgan fingerprint density at radius 2 is 1.50 bits per heavy atom. The van der Waals surface area contributed by atoms with E-state index in [-0.39, 0.29) is 0 Å². The minimum atomic E-state index is 0.700. The number of hydrogen-bond donors (Lipinski definition) is 2. The lowest BCUT2D eigenvalue weighted by Gasteiger charge is -2.17. The topological polar surface area (TPSA) is 55.3 Å². The normalized spacial score (nSPS) is 39.8. The number of hydrogen-bond acceptors (Lipinski definition) is 0. The SMILES string of the molecule is [NH3+][C@H]1CCC[C@H]([NH3+])C1. The molecule has 0 spiro atoms. The zero-order valence-electron chi connectivity index (χ0n) is 5.40. The molecule has 0 aromatic rings. The van der Waals surface area contributed by atoms with Crippen molar-refractivity contribution in [3.8, 4) is 0 Å². The second kappa shape index (κ2) is 2.46. The van der Waals surface area contributed by atoms with Gasteiger partial charge in [0.05, 0.1) is 18.5 Å². The summed E-state index contributed by atoms with van der Waals surface area (Å²) >= 11 is 0. The monoisotopic (exact) mass is 116 g/mol. The summed E-state index contributed by atoms with van der Waals surface area (Å²) in [6.45, 7) is 0. The van der Waals surface area contributed by atoms with Gasteiger partial charge in [0, 0.05) is 0 Å². The maximum absolute atomic E-state index is 4.01. The van der Waals surface area contributed by atoms with Crippen molar-refractivity contribution in [2.24, 2.45) is 0 Å². The molecular weight excluding hydrogens is 100 g/mol. The van der Waals surface area contributed by atoms with E-state index in [2.05, 4.69) is 11.5 Å². The largest absolute Gasteiger partial charge is 0.355 e. The maximum Gasteiger partial charge on any atom is 0.0900 e. The van der Waals surface area contributed by atoms with Crippen LogP contribution < -0.4 is 11.5 Å². The molecule has 1 fully saturated rings. The van der Waals surface area contributed by atoms with Gasteiger partial charge in [0.15, 0.2) is 0 Å². The van der Waals surface area contributed by atoms with Crippen LogP contribution in [0.3, 0.4) is 0 Å². The van der Waals surface area contributed by atoms with Gasteiger partial charge in [-0.3, -0.25) is 0 Å². The van der Waals surface area contributed by atoms with E-state index in [1.54, 1.807) is 0 Å². The fraction of sp³-hybridized carbons (Fsp3) is 1.00. The number of rotatable bonds is 0. The Bertz CT molecular complexity index is 64.9. The quantitative estimate of drug-likeness (QED) is 0.399. The van der Waals surface area contributed by atoms with Gasteiger partial charge in [-0.1, -0.05) is 0 Å². The second-order valence-corrected chi connectivity index (χ2v) is 2.90.